The fourth-order valence-corrected chi connectivity index (χ4v) is 1.58. The predicted molar refractivity (Wildman–Crippen MR) is 79.1 cm³/mol. The largest absolute Gasteiger partial charge is 0.451 e. The quantitative estimate of drug-likeness (QED) is 0.625. The maximum Gasteiger partial charge on any atom is 0.359 e. The summed E-state index contributed by atoms with van der Waals surface area (Å²) in [6.45, 7) is 1.06. The van der Waals surface area contributed by atoms with E-state index in [0.717, 1.165) is 6.07 Å². The van der Waals surface area contributed by atoms with Crippen LogP contribution >= 0.6 is 0 Å². The zero-order valence-electron chi connectivity index (χ0n) is 12.6. The molecule has 8 nitrogen and oxygen atoms in total. The van der Waals surface area contributed by atoms with Gasteiger partial charge in [-0.05, 0) is 19.1 Å². The van der Waals surface area contributed by atoms with Gasteiger partial charge < -0.3 is 4.74 Å². The average Bonchev–Trinajstić information content (AvgIpc) is 2.58. The number of nitrogens with zero attached hydrogens (tertiary/aromatic N) is 2. The predicted octanol–water partition coefficient (Wildman–Crippen LogP) is 0.542. The maximum atomic E-state index is 13.4. The van der Waals surface area contributed by atoms with Crippen molar-refractivity contribution in [2.24, 2.45) is 0 Å². The van der Waals surface area contributed by atoms with Crippen LogP contribution in [0.1, 0.15) is 26.5 Å². The number of hydrazine groups is 1. The van der Waals surface area contributed by atoms with Gasteiger partial charge in [-0.2, -0.15) is 0 Å². The van der Waals surface area contributed by atoms with Crippen molar-refractivity contribution in [3.05, 3.63) is 59.4 Å². The van der Waals surface area contributed by atoms with Gasteiger partial charge in [-0.1, -0.05) is 12.1 Å². The zero-order chi connectivity index (χ0) is 17.5. The summed E-state index contributed by atoms with van der Waals surface area (Å²) in [5.41, 5.74) is 4.36. The number of nitrogens with one attached hydrogen (secondary N) is 2. The Bertz CT molecular complexity index is 764. The Kier molecular flexibility index (Phi) is 5.50. The lowest BCUT2D eigenvalue weighted by Crippen LogP contribution is -2.43. The lowest BCUT2D eigenvalue weighted by Gasteiger charge is -2.08. The zero-order valence-corrected chi connectivity index (χ0v) is 12.6. The summed E-state index contributed by atoms with van der Waals surface area (Å²) in [4.78, 5) is 42.5. The smallest absolute Gasteiger partial charge is 0.359 e. The van der Waals surface area contributed by atoms with E-state index in [1.54, 1.807) is 6.92 Å². The molecule has 1 heterocycles. The molecule has 9 heteroatoms. The highest BCUT2D eigenvalue weighted by atomic mass is 19.1. The summed E-state index contributed by atoms with van der Waals surface area (Å²) in [6.07, 6.45) is 2.60. The highest BCUT2D eigenvalue weighted by Crippen LogP contribution is 2.05. The fraction of sp³-hybridized carbons (Fsp3) is 0.133. The Hall–Kier alpha value is -3.36. The number of rotatable bonds is 4. The number of halogens is 1. The summed E-state index contributed by atoms with van der Waals surface area (Å²) >= 11 is 0. The van der Waals surface area contributed by atoms with Gasteiger partial charge in [0.25, 0.3) is 11.8 Å². The molecule has 0 unspecified atom stereocenters. The maximum absolute atomic E-state index is 13.4. The Morgan fingerprint density at radius 2 is 1.88 bits per heavy atom. The van der Waals surface area contributed by atoms with E-state index < -0.39 is 30.2 Å². The molecular weight excluding hydrogens is 319 g/mol. The van der Waals surface area contributed by atoms with E-state index in [1.807, 2.05) is 10.9 Å². The number of hydrogen-bond acceptors (Lipinski definition) is 6. The second-order valence-corrected chi connectivity index (χ2v) is 4.60. The molecule has 0 spiro atoms. The van der Waals surface area contributed by atoms with Crippen LogP contribution in [-0.2, 0) is 9.53 Å². The fourth-order valence-electron chi connectivity index (χ4n) is 1.58. The second kappa shape index (κ2) is 7.77. The highest BCUT2D eigenvalue weighted by molar-refractivity contribution is 5.96. The van der Waals surface area contributed by atoms with Crippen LogP contribution in [0.3, 0.4) is 0 Å². The van der Waals surface area contributed by atoms with Crippen molar-refractivity contribution in [1.82, 2.24) is 20.8 Å². The van der Waals surface area contributed by atoms with Crippen molar-refractivity contribution in [1.29, 1.82) is 0 Å². The van der Waals surface area contributed by atoms with Crippen LogP contribution in [0.2, 0.25) is 0 Å². The van der Waals surface area contributed by atoms with Gasteiger partial charge in [0.15, 0.2) is 12.3 Å². The van der Waals surface area contributed by atoms with Crippen LogP contribution < -0.4 is 10.9 Å². The second-order valence-electron chi connectivity index (χ2n) is 4.60. The van der Waals surface area contributed by atoms with Crippen LogP contribution in [0, 0.1) is 12.7 Å². The van der Waals surface area contributed by atoms with Gasteiger partial charge in [-0.25, -0.2) is 14.2 Å². The number of ether oxygens (including phenoxy) is 1. The van der Waals surface area contributed by atoms with E-state index in [9.17, 15) is 18.8 Å². The molecule has 0 saturated heterocycles. The minimum absolute atomic E-state index is 0.0520. The SMILES string of the molecule is Cc1cnc(C(=O)OCC(=O)NNC(=O)c2ccccc2F)cn1. The molecule has 1 aromatic carbocycles. The van der Waals surface area contributed by atoms with Gasteiger partial charge in [0.1, 0.15) is 5.82 Å². The first kappa shape index (κ1) is 17.0. The summed E-state index contributed by atoms with van der Waals surface area (Å²) in [5.74, 6) is -3.20. The highest BCUT2D eigenvalue weighted by Gasteiger charge is 2.14. The van der Waals surface area contributed by atoms with Gasteiger partial charge >= 0.3 is 5.97 Å². The third-order valence-electron chi connectivity index (χ3n) is 2.76. The third kappa shape index (κ3) is 4.57. The number of carbonyl (C=O) groups is 3. The van der Waals surface area contributed by atoms with Crippen molar-refractivity contribution < 1.29 is 23.5 Å². The molecule has 1 aromatic heterocycles. The van der Waals surface area contributed by atoms with E-state index in [4.69, 9.17) is 4.74 Å². The normalized spacial score (nSPS) is 9.92. The molecule has 0 saturated carbocycles. The summed E-state index contributed by atoms with van der Waals surface area (Å²) in [5, 5.41) is 0. The Morgan fingerprint density at radius 3 is 2.54 bits per heavy atom. The van der Waals surface area contributed by atoms with Crippen LogP contribution in [0.15, 0.2) is 36.7 Å². The molecule has 0 aliphatic rings. The molecular formula is C15H13FN4O4. The molecule has 0 fully saturated rings. The number of hydrogen-bond donors (Lipinski definition) is 2. The molecule has 0 bridgehead atoms. The van der Waals surface area contributed by atoms with E-state index in [0.29, 0.717) is 5.69 Å². The summed E-state index contributed by atoms with van der Waals surface area (Å²) < 4.78 is 18.1. The lowest BCUT2D eigenvalue weighted by atomic mass is 10.2. The third-order valence-corrected chi connectivity index (χ3v) is 2.76. The monoisotopic (exact) mass is 332 g/mol. The topological polar surface area (TPSA) is 110 Å². The molecule has 0 radical (unpaired) electrons. The number of aryl methyl sites for hydroxylation is 1. The van der Waals surface area contributed by atoms with Crippen LogP contribution in [0.25, 0.3) is 0 Å². The minimum Gasteiger partial charge on any atom is -0.451 e. The van der Waals surface area contributed by atoms with Gasteiger partial charge in [-0.15, -0.1) is 0 Å². The van der Waals surface area contributed by atoms with Crippen LogP contribution in [0.5, 0.6) is 0 Å². The van der Waals surface area contributed by atoms with Gasteiger partial charge in [-0.3, -0.25) is 25.4 Å². The van der Waals surface area contributed by atoms with E-state index >= 15 is 0 Å². The van der Waals surface area contributed by atoms with Crippen molar-refractivity contribution in [2.75, 3.05) is 6.61 Å². The number of amides is 2. The van der Waals surface area contributed by atoms with E-state index in [1.165, 1.54) is 30.6 Å². The van der Waals surface area contributed by atoms with Crippen molar-refractivity contribution in [2.45, 2.75) is 6.92 Å². The molecule has 0 aliphatic carbocycles. The van der Waals surface area contributed by atoms with Crippen molar-refractivity contribution >= 4 is 17.8 Å². The number of benzene rings is 1. The number of carbonyl (C=O) groups excluding carboxylic acids is 3. The number of esters is 1. The van der Waals surface area contributed by atoms with Crippen LogP contribution in [0.4, 0.5) is 4.39 Å². The Labute approximate surface area is 136 Å². The molecule has 2 aromatic rings. The number of aromatic nitrogens is 2. The molecule has 124 valence electrons. The van der Waals surface area contributed by atoms with Gasteiger partial charge in [0.2, 0.25) is 0 Å². The Morgan fingerprint density at radius 1 is 1.12 bits per heavy atom. The summed E-state index contributed by atoms with van der Waals surface area (Å²) in [7, 11) is 0. The molecule has 0 aliphatic heterocycles. The molecule has 2 rings (SSSR count). The van der Waals surface area contributed by atoms with Crippen molar-refractivity contribution in [3.8, 4) is 0 Å². The first-order valence-electron chi connectivity index (χ1n) is 6.77. The van der Waals surface area contributed by atoms with Gasteiger partial charge in [0, 0.05) is 6.20 Å². The van der Waals surface area contributed by atoms with Gasteiger partial charge in [0.05, 0.1) is 17.5 Å². The first-order chi connectivity index (χ1) is 11.5. The Balaban J connectivity index is 1.79. The summed E-state index contributed by atoms with van der Waals surface area (Å²) in [6, 6.07) is 5.27. The van der Waals surface area contributed by atoms with Crippen molar-refractivity contribution in [3.63, 3.8) is 0 Å². The first-order valence-corrected chi connectivity index (χ1v) is 6.77. The standard InChI is InChI=1S/C15H13FN4O4/c1-9-6-18-12(7-17-9)15(23)24-8-13(21)19-20-14(22)10-4-2-3-5-11(10)16/h2-7H,8H2,1H3,(H,19,21)(H,20,22). The molecule has 24 heavy (non-hydrogen) atoms. The molecule has 2 amide bonds. The molecule has 0 atom stereocenters. The average molecular weight is 332 g/mol. The van der Waals surface area contributed by atoms with E-state index in [2.05, 4.69) is 9.97 Å². The minimum atomic E-state index is -0.836. The van der Waals surface area contributed by atoms with Crippen LogP contribution in [-0.4, -0.2) is 34.4 Å². The van der Waals surface area contributed by atoms with E-state index in [-0.39, 0.29) is 11.3 Å². The molecule has 2 N–H and O–H groups in total. The lowest BCUT2D eigenvalue weighted by molar-refractivity contribution is -0.125.